The first-order chi connectivity index (χ1) is 12.6. The highest BCUT2D eigenvalue weighted by Gasteiger charge is 2.65. The van der Waals surface area contributed by atoms with Crippen molar-refractivity contribution in [3.05, 3.63) is 23.3 Å². The van der Waals surface area contributed by atoms with E-state index in [9.17, 15) is 24.9 Å². The van der Waals surface area contributed by atoms with Gasteiger partial charge in [-0.25, -0.2) is 9.59 Å². The van der Waals surface area contributed by atoms with Crippen molar-refractivity contribution in [3.8, 4) is 0 Å². The van der Waals surface area contributed by atoms with Crippen molar-refractivity contribution in [2.45, 2.75) is 44.1 Å². The summed E-state index contributed by atoms with van der Waals surface area (Å²) in [5.41, 5.74) is -2.90. The van der Waals surface area contributed by atoms with Crippen LogP contribution in [0.15, 0.2) is 23.3 Å². The fourth-order valence-corrected chi connectivity index (χ4v) is 4.39. The lowest BCUT2D eigenvalue weighted by Crippen LogP contribution is -2.61. The molecular weight excluding hydrogens is 354 g/mol. The molecule has 5 atom stereocenters. The molecule has 2 fully saturated rings. The van der Waals surface area contributed by atoms with Gasteiger partial charge in [-0.05, 0) is 19.4 Å². The molecule has 150 valence electrons. The number of carbonyl (C=O) groups excluding carboxylic acids is 2. The first-order valence-corrected chi connectivity index (χ1v) is 9.25. The standard InChI is InChI=1S/C19H28NO7/c1-4-13-9-12(2)18(24,11-21)17(23)26-10-14-5-7-20(3)8-6-15(19(14,20)25)27-16(13)22/h4-5,12,15,21,24-25H,6-11H2,1-3H3/q+1/b13-4-/t12-,15-,18+,19+,20?/m1/s1. The van der Waals surface area contributed by atoms with Crippen LogP contribution in [0.4, 0.5) is 0 Å². The SMILES string of the molecule is C/C=C1/C[C@@H](C)[C@@](O)(CO)C(=O)OCC2=CC[N+]3(C)CC[C@@H](OC1=O)[C@@]23O. The Hall–Kier alpha value is -1.74. The molecule has 0 radical (unpaired) electrons. The van der Waals surface area contributed by atoms with Crippen molar-refractivity contribution >= 4 is 11.9 Å². The highest BCUT2D eigenvalue weighted by Crippen LogP contribution is 2.45. The zero-order chi connectivity index (χ0) is 20.0. The summed E-state index contributed by atoms with van der Waals surface area (Å²) in [5.74, 6) is -2.33. The molecule has 3 aliphatic heterocycles. The monoisotopic (exact) mass is 382 g/mol. The van der Waals surface area contributed by atoms with Crippen LogP contribution in [0, 0.1) is 5.92 Å². The van der Waals surface area contributed by atoms with Crippen LogP contribution in [0.5, 0.6) is 0 Å². The van der Waals surface area contributed by atoms with E-state index in [1.165, 1.54) is 0 Å². The lowest BCUT2D eigenvalue weighted by Gasteiger charge is -2.40. The molecule has 0 bridgehead atoms. The van der Waals surface area contributed by atoms with Gasteiger partial charge < -0.3 is 24.8 Å². The molecule has 1 unspecified atom stereocenters. The second-order valence-electron chi connectivity index (χ2n) is 8.02. The first-order valence-electron chi connectivity index (χ1n) is 9.25. The van der Waals surface area contributed by atoms with Gasteiger partial charge in [-0.2, -0.15) is 0 Å². The van der Waals surface area contributed by atoms with Gasteiger partial charge in [0.1, 0.15) is 13.2 Å². The maximum absolute atomic E-state index is 12.7. The molecule has 0 saturated carbocycles. The van der Waals surface area contributed by atoms with Gasteiger partial charge in [-0.15, -0.1) is 0 Å². The number of cyclic esters (lactones) is 1. The number of aliphatic hydroxyl groups excluding tert-OH is 1. The summed E-state index contributed by atoms with van der Waals surface area (Å²) in [7, 11) is 1.87. The van der Waals surface area contributed by atoms with Crippen LogP contribution in [0.1, 0.15) is 26.7 Å². The summed E-state index contributed by atoms with van der Waals surface area (Å²) in [6.07, 6.45) is 3.13. The Kier molecular flexibility index (Phi) is 4.96. The summed E-state index contributed by atoms with van der Waals surface area (Å²) in [6, 6.07) is 0. The van der Waals surface area contributed by atoms with E-state index in [-0.39, 0.29) is 23.1 Å². The summed E-state index contributed by atoms with van der Waals surface area (Å²) in [5, 5.41) is 31.8. The van der Waals surface area contributed by atoms with Crippen LogP contribution in [-0.4, -0.2) is 82.5 Å². The van der Waals surface area contributed by atoms with Gasteiger partial charge in [-0.3, -0.25) is 4.48 Å². The lowest BCUT2D eigenvalue weighted by molar-refractivity contribution is -0.955. The van der Waals surface area contributed by atoms with E-state index >= 15 is 0 Å². The number of carbonyl (C=O) groups is 2. The average molecular weight is 382 g/mol. The minimum Gasteiger partial charge on any atom is -0.459 e. The molecule has 0 aromatic carbocycles. The largest absolute Gasteiger partial charge is 0.459 e. The molecule has 0 aromatic rings. The molecule has 8 nitrogen and oxygen atoms in total. The van der Waals surface area contributed by atoms with Crippen LogP contribution in [0.3, 0.4) is 0 Å². The van der Waals surface area contributed by atoms with Crippen molar-refractivity contribution in [3.63, 3.8) is 0 Å². The van der Waals surface area contributed by atoms with E-state index in [1.54, 1.807) is 26.0 Å². The predicted molar refractivity (Wildman–Crippen MR) is 94.0 cm³/mol. The summed E-state index contributed by atoms with van der Waals surface area (Å²) < 4.78 is 11.2. The molecule has 0 spiro atoms. The molecule has 8 heteroatoms. The molecule has 27 heavy (non-hydrogen) atoms. The highest BCUT2D eigenvalue weighted by molar-refractivity contribution is 5.89. The van der Waals surface area contributed by atoms with Gasteiger partial charge in [0.05, 0.1) is 25.8 Å². The zero-order valence-corrected chi connectivity index (χ0v) is 16.0. The van der Waals surface area contributed by atoms with Gasteiger partial charge >= 0.3 is 11.9 Å². The van der Waals surface area contributed by atoms with E-state index in [0.29, 0.717) is 25.1 Å². The predicted octanol–water partition coefficient (Wildman–Crippen LogP) is -0.370. The Morgan fingerprint density at radius 3 is 2.70 bits per heavy atom. The van der Waals surface area contributed by atoms with Crippen molar-refractivity contribution in [1.82, 2.24) is 0 Å². The van der Waals surface area contributed by atoms with E-state index in [0.717, 1.165) is 0 Å². The van der Waals surface area contributed by atoms with Crippen molar-refractivity contribution in [2.75, 3.05) is 33.4 Å². The molecule has 3 rings (SSSR count). The molecule has 0 aromatic heterocycles. The molecule has 0 aliphatic carbocycles. The molecule has 3 aliphatic rings. The molecular formula is C19H28NO7+. The van der Waals surface area contributed by atoms with Gasteiger partial charge in [0, 0.05) is 17.9 Å². The Balaban J connectivity index is 2.02. The average Bonchev–Trinajstić information content (AvgIpc) is 3.04. The third-order valence-electron chi connectivity index (χ3n) is 6.52. The van der Waals surface area contributed by atoms with Crippen LogP contribution >= 0.6 is 0 Å². The third-order valence-corrected chi connectivity index (χ3v) is 6.52. The van der Waals surface area contributed by atoms with Crippen molar-refractivity contribution in [1.29, 1.82) is 0 Å². The van der Waals surface area contributed by atoms with E-state index in [4.69, 9.17) is 9.47 Å². The summed E-state index contributed by atoms with van der Waals surface area (Å²) >= 11 is 0. The first kappa shape index (κ1) is 20.0. The fourth-order valence-electron chi connectivity index (χ4n) is 4.39. The molecule has 3 heterocycles. The number of allylic oxidation sites excluding steroid dienone is 1. The number of rotatable bonds is 1. The van der Waals surface area contributed by atoms with Gasteiger partial charge in [0.2, 0.25) is 0 Å². The number of hydrogen-bond acceptors (Lipinski definition) is 7. The number of quaternary nitrogens is 1. The van der Waals surface area contributed by atoms with E-state index < -0.39 is 41.9 Å². The van der Waals surface area contributed by atoms with Crippen LogP contribution < -0.4 is 0 Å². The highest BCUT2D eigenvalue weighted by atomic mass is 16.6. The summed E-state index contributed by atoms with van der Waals surface area (Å²) in [6.45, 7) is 3.30. The smallest absolute Gasteiger partial charge is 0.341 e. The zero-order valence-electron chi connectivity index (χ0n) is 16.0. The maximum Gasteiger partial charge on any atom is 0.341 e. The Labute approximate surface area is 158 Å². The van der Waals surface area contributed by atoms with E-state index in [2.05, 4.69) is 0 Å². The summed E-state index contributed by atoms with van der Waals surface area (Å²) in [4.78, 5) is 25.3. The number of aliphatic hydroxyl groups is 3. The fraction of sp³-hybridized carbons (Fsp3) is 0.684. The number of esters is 2. The van der Waals surface area contributed by atoms with Crippen molar-refractivity contribution in [2.24, 2.45) is 5.92 Å². The molecule has 2 saturated heterocycles. The lowest BCUT2D eigenvalue weighted by atomic mass is 9.84. The molecule has 3 N–H and O–H groups in total. The normalized spacial score (nSPS) is 44.1. The number of hydrogen-bond donors (Lipinski definition) is 3. The van der Waals surface area contributed by atoms with Crippen LogP contribution in [0.25, 0.3) is 0 Å². The second kappa shape index (κ2) is 6.70. The van der Waals surface area contributed by atoms with Crippen LogP contribution in [-0.2, 0) is 19.1 Å². The Morgan fingerprint density at radius 2 is 2.07 bits per heavy atom. The number of likely N-dealkylation sites (N-methyl/N-ethyl adjacent to an activating group) is 1. The Bertz CT molecular complexity index is 717. The minimum atomic E-state index is -2.15. The van der Waals surface area contributed by atoms with Gasteiger partial charge in [0.15, 0.2) is 11.7 Å². The maximum atomic E-state index is 12.7. The van der Waals surface area contributed by atoms with Gasteiger partial charge in [-0.1, -0.05) is 13.0 Å². The van der Waals surface area contributed by atoms with Crippen LogP contribution in [0.2, 0.25) is 0 Å². The third kappa shape index (κ3) is 2.82. The van der Waals surface area contributed by atoms with Crippen molar-refractivity contribution < 1.29 is 38.9 Å². The van der Waals surface area contributed by atoms with E-state index in [1.807, 2.05) is 7.05 Å². The van der Waals surface area contributed by atoms with Gasteiger partial charge in [0.25, 0.3) is 5.72 Å². The second-order valence-corrected chi connectivity index (χ2v) is 8.02. The minimum absolute atomic E-state index is 0.0292. The number of nitrogens with zero attached hydrogens (tertiary/aromatic N) is 1. The quantitative estimate of drug-likeness (QED) is 0.245. The molecule has 0 amide bonds. The number of ether oxygens (including phenoxy) is 2. The topological polar surface area (TPSA) is 113 Å². The Morgan fingerprint density at radius 1 is 1.37 bits per heavy atom.